The molecule has 4 rings (SSSR count). The van der Waals surface area contributed by atoms with E-state index < -0.39 is 6.10 Å². The Morgan fingerprint density at radius 3 is 2.96 bits per heavy atom. The van der Waals surface area contributed by atoms with Crippen LogP contribution in [0.2, 0.25) is 4.34 Å². The fraction of sp³-hybridized carbons (Fsp3) is 0.471. The van der Waals surface area contributed by atoms with Gasteiger partial charge in [0.25, 0.3) is 5.56 Å². The number of amides is 1. The van der Waals surface area contributed by atoms with Crippen molar-refractivity contribution in [1.82, 2.24) is 24.8 Å². The molecule has 1 saturated heterocycles. The Bertz CT molecular complexity index is 1070. The number of halogens is 2. The normalized spacial score (nSPS) is 18.2. The molecule has 3 aromatic heterocycles. The molecule has 0 saturated carbocycles. The standard InChI is InChI=1S/C17H20ClN5O3S.ClH/c1-9(24)16-21-22(8-15(25)20-10-3-2-4-19-7-10)17(26)12-5-13-11(23(12)16)6-14(18)27-13;/h5-6,9-10,19,24H,2-4,7-8H2,1H3,(H,20,25);1H/t9?,10-;/m1./s1. The predicted molar refractivity (Wildman–Crippen MR) is 112 cm³/mol. The van der Waals surface area contributed by atoms with Crippen LogP contribution >= 0.6 is 35.3 Å². The Morgan fingerprint density at radius 2 is 2.29 bits per heavy atom. The minimum Gasteiger partial charge on any atom is -0.385 e. The molecule has 0 radical (unpaired) electrons. The minimum absolute atomic E-state index is 0. The Kier molecular flexibility index (Phi) is 6.31. The van der Waals surface area contributed by atoms with Crippen molar-refractivity contribution in [1.29, 1.82) is 0 Å². The van der Waals surface area contributed by atoms with Crippen LogP contribution in [0.25, 0.3) is 15.7 Å². The first-order chi connectivity index (χ1) is 12.9. The molecule has 1 aliphatic rings. The lowest BCUT2D eigenvalue weighted by Gasteiger charge is -2.23. The molecule has 0 aliphatic carbocycles. The number of piperidine rings is 1. The van der Waals surface area contributed by atoms with Gasteiger partial charge >= 0.3 is 0 Å². The van der Waals surface area contributed by atoms with Crippen LogP contribution < -0.4 is 16.2 Å². The van der Waals surface area contributed by atoms with E-state index in [2.05, 4.69) is 15.7 Å². The van der Waals surface area contributed by atoms with E-state index in [9.17, 15) is 14.7 Å². The molecule has 1 aliphatic heterocycles. The molecule has 0 aromatic carbocycles. The summed E-state index contributed by atoms with van der Waals surface area (Å²) in [5, 5.41) is 20.6. The summed E-state index contributed by atoms with van der Waals surface area (Å²) in [6.07, 6.45) is 0.999. The average Bonchev–Trinajstić information content (AvgIpc) is 3.14. The second-order valence-electron chi connectivity index (χ2n) is 6.77. The second kappa shape index (κ2) is 8.38. The summed E-state index contributed by atoms with van der Waals surface area (Å²) in [4.78, 5) is 25.3. The molecule has 2 atom stereocenters. The van der Waals surface area contributed by atoms with Crippen LogP contribution in [-0.4, -0.2) is 44.3 Å². The molecule has 1 amide bonds. The van der Waals surface area contributed by atoms with Gasteiger partial charge in [-0.15, -0.1) is 23.7 Å². The van der Waals surface area contributed by atoms with Crippen molar-refractivity contribution >= 4 is 57.0 Å². The van der Waals surface area contributed by atoms with Gasteiger partial charge in [0, 0.05) is 12.6 Å². The van der Waals surface area contributed by atoms with E-state index in [1.165, 1.54) is 11.3 Å². The number of nitrogens with one attached hydrogen (secondary N) is 2. The molecule has 28 heavy (non-hydrogen) atoms. The summed E-state index contributed by atoms with van der Waals surface area (Å²) >= 11 is 7.42. The van der Waals surface area contributed by atoms with E-state index >= 15 is 0 Å². The summed E-state index contributed by atoms with van der Waals surface area (Å²) in [6, 6.07) is 3.53. The third kappa shape index (κ3) is 3.90. The summed E-state index contributed by atoms with van der Waals surface area (Å²) in [5.41, 5.74) is 0.715. The first-order valence-electron chi connectivity index (χ1n) is 8.83. The first-order valence-corrected chi connectivity index (χ1v) is 10.0. The molecule has 11 heteroatoms. The van der Waals surface area contributed by atoms with Crippen molar-refractivity contribution in [3.8, 4) is 0 Å². The highest BCUT2D eigenvalue weighted by atomic mass is 35.5. The van der Waals surface area contributed by atoms with Crippen LogP contribution in [0.1, 0.15) is 31.7 Å². The number of aromatic nitrogens is 3. The maximum absolute atomic E-state index is 12.9. The number of nitrogens with zero attached hydrogens (tertiary/aromatic N) is 3. The number of rotatable bonds is 4. The average molecular weight is 446 g/mol. The highest BCUT2D eigenvalue weighted by molar-refractivity contribution is 7.22. The number of aliphatic hydroxyl groups excluding tert-OH is 1. The number of aliphatic hydroxyl groups is 1. The number of carbonyl (C=O) groups is 1. The van der Waals surface area contributed by atoms with Crippen molar-refractivity contribution in [2.75, 3.05) is 13.1 Å². The van der Waals surface area contributed by atoms with Gasteiger partial charge in [0.2, 0.25) is 5.91 Å². The summed E-state index contributed by atoms with van der Waals surface area (Å²) in [6.45, 7) is 3.06. The van der Waals surface area contributed by atoms with Gasteiger partial charge in [0.1, 0.15) is 18.2 Å². The topological polar surface area (TPSA) is 101 Å². The van der Waals surface area contributed by atoms with Crippen LogP contribution in [-0.2, 0) is 11.3 Å². The first kappa shape index (κ1) is 21.1. The van der Waals surface area contributed by atoms with Crippen molar-refractivity contribution in [2.45, 2.75) is 38.5 Å². The molecular weight excluding hydrogens is 425 g/mol. The third-order valence-corrected chi connectivity index (χ3v) is 5.89. The molecule has 1 unspecified atom stereocenters. The Labute approximate surface area is 175 Å². The van der Waals surface area contributed by atoms with Crippen molar-refractivity contribution in [3.05, 3.63) is 32.6 Å². The number of hydrogen-bond donors (Lipinski definition) is 3. The maximum Gasteiger partial charge on any atom is 0.291 e. The lowest BCUT2D eigenvalue weighted by atomic mass is 10.1. The van der Waals surface area contributed by atoms with E-state index in [1.807, 2.05) is 0 Å². The molecule has 3 aromatic rings. The fourth-order valence-electron chi connectivity index (χ4n) is 3.47. The zero-order valence-electron chi connectivity index (χ0n) is 15.1. The summed E-state index contributed by atoms with van der Waals surface area (Å²) in [7, 11) is 0. The molecule has 0 spiro atoms. The zero-order valence-corrected chi connectivity index (χ0v) is 17.5. The molecular formula is C17H21Cl2N5O3S. The van der Waals surface area contributed by atoms with Gasteiger partial charge in [-0.1, -0.05) is 11.6 Å². The lowest BCUT2D eigenvalue weighted by molar-refractivity contribution is -0.122. The van der Waals surface area contributed by atoms with Crippen molar-refractivity contribution < 1.29 is 9.90 Å². The van der Waals surface area contributed by atoms with Crippen LogP contribution in [0.3, 0.4) is 0 Å². The van der Waals surface area contributed by atoms with E-state index in [4.69, 9.17) is 11.6 Å². The number of fused-ring (bicyclic) bond motifs is 3. The third-order valence-electron chi connectivity index (χ3n) is 4.69. The smallest absolute Gasteiger partial charge is 0.291 e. The number of thiophene rings is 1. The molecule has 1 fully saturated rings. The van der Waals surface area contributed by atoms with E-state index in [0.29, 0.717) is 15.7 Å². The Balaban J connectivity index is 0.00000225. The predicted octanol–water partition coefficient (Wildman–Crippen LogP) is 1.71. The van der Waals surface area contributed by atoms with Crippen LogP contribution in [0.5, 0.6) is 0 Å². The van der Waals surface area contributed by atoms with Gasteiger partial charge in [-0.2, -0.15) is 5.10 Å². The van der Waals surface area contributed by atoms with Gasteiger partial charge < -0.3 is 15.7 Å². The number of carbonyl (C=O) groups excluding carboxylic acids is 1. The van der Waals surface area contributed by atoms with Crippen LogP contribution in [0, 0.1) is 0 Å². The lowest BCUT2D eigenvalue weighted by Crippen LogP contribution is -2.47. The highest BCUT2D eigenvalue weighted by Gasteiger charge is 2.21. The van der Waals surface area contributed by atoms with E-state index in [1.54, 1.807) is 23.5 Å². The highest BCUT2D eigenvalue weighted by Crippen LogP contribution is 2.32. The van der Waals surface area contributed by atoms with E-state index in [0.717, 1.165) is 40.8 Å². The number of hydrogen-bond acceptors (Lipinski definition) is 6. The summed E-state index contributed by atoms with van der Waals surface area (Å²) in [5.74, 6) is 0.0248. The molecule has 152 valence electrons. The molecule has 3 N–H and O–H groups in total. The largest absolute Gasteiger partial charge is 0.385 e. The van der Waals surface area contributed by atoms with Crippen LogP contribution in [0.15, 0.2) is 16.9 Å². The second-order valence-corrected chi connectivity index (χ2v) is 8.49. The van der Waals surface area contributed by atoms with Crippen LogP contribution in [0.4, 0.5) is 0 Å². The molecule has 4 heterocycles. The molecule has 0 bridgehead atoms. The van der Waals surface area contributed by atoms with Gasteiger partial charge in [-0.25, -0.2) is 4.68 Å². The van der Waals surface area contributed by atoms with Gasteiger partial charge in [-0.05, 0) is 38.4 Å². The quantitative estimate of drug-likeness (QED) is 0.567. The SMILES string of the molecule is CC(O)c1nn(CC(=O)N[C@@H]2CCCNC2)c(=O)c2cc3sc(Cl)cc3n12.Cl. The fourth-order valence-corrected chi connectivity index (χ4v) is 4.63. The Morgan fingerprint density at radius 1 is 1.50 bits per heavy atom. The van der Waals surface area contributed by atoms with Gasteiger partial charge in [0.05, 0.1) is 14.6 Å². The Hall–Kier alpha value is -1.65. The monoisotopic (exact) mass is 445 g/mol. The summed E-state index contributed by atoms with van der Waals surface area (Å²) < 4.78 is 4.16. The van der Waals surface area contributed by atoms with Crippen molar-refractivity contribution in [2.24, 2.45) is 0 Å². The molecule has 8 nitrogen and oxygen atoms in total. The van der Waals surface area contributed by atoms with Gasteiger partial charge in [0.15, 0.2) is 5.82 Å². The zero-order chi connectivity index (χ0) is 19.1. The minimum atomic E-state index is -0.917. The van der Waals surface area contributed by atoms with Crippen molar-refractivity contribution in [3.63, 3.8) is 0 Å². The maximum atomic E-state index is 12.9. The van der Waals surface area contributed by atoms with Gasteiger partial charge in [-0.3, -0.25) is 14.0 Å². The van der Waals surface area contributed by atoms with E-state index in [-0.39, 0.29) is 36.5 Å².